The van der Waals surface area contributed by atoms with Gasteiger partial charge in [0.15, 0.2) is 0 Å². The molecule has 0 saturated heterocycles. The molecule has 7 aromatic rings. The quantitative estimate of drug-likeness (QED) is 0.0591. The number of anilines is 1. The lowest BCUT2D eigenvalue weighted by Gasteiger charge is -2.25. The van der Waals surface area contributed by atoms with Crippen LogP contribution in [-0.2, 0) is 25.7 Å². The number of fused-ring (bicyclic) bond motifs is 8. The Hall–Kier alpha value is -7.60. The standard InChI is InChI=1S/C68H71N5/c1-4-6-8-18-49-73(50-19-9-7-5-2)56-37-33-55(34-38-56)36-40-60-66-46-42-62(70-66)57(27-17-16-25-52-21-12-10-13-22-52)61-41-45-65(69-61)59(39-35-54-31-29-51(3)30-32-54)67-47-43-63(71-67)58(64-44-48-68(60)72-64)28-20-26-53-23-14-11-15-24-53/h10-15,21-24,29-34,37-38,41-48,69-70H,4-9,16-20,25-28,49-50H2,1-3H3. The van der Waals surface area contributed by atoms with Gasteiger partial charge in [0.25, 0.3) is 0 Å². The Morgan fingerprint density at radius 2 is 0.849 bits per heavy atom. The Balaban J connectivity index is 1.17. The van der Waals surface area contributed by atoms with E-state index in [1.807, 2.05) is 0 Å². The molecule has 4 aromatic carbocycles. The molecule has 0 saturated carbocycles. The number of aryl methyl sites for hydroxylation is 4. The second kappa shape index (κ2) is 25.7. The molecule has 5 nitrogen and oxygen atoms in total. The van der Waals surface area contributed by atoms with Gasteiger partial charge in [-0.2, -0.15) is 0 Å². The zero-order valence-electron chi connectivity index (χ0n) is 43.4. The first-order valence-electron chi connectivity index (χ1n) is 27.2. The maximum atomic E-state index is 5.46. The van der Waals surface area contributed by atoms with Gasteiger partial charge in [-0.15, -0.1) is 0 Å². The van der Waals surface area contributed by atoms with Gasteiger partial charge in [0.2, 0.25) is 0 Å². The Morgan fingerprint density at radius 3 is 1.37 bits per heavy atom. The van der Waals surface area contributed by atoms with Crippen LogP contribution in [0.15, 0.2) is 133 Å². The molecule has 73 heavy (non-hydrogen) atoms. The van der Waals surface area contributed by atoms with Gasteiger partial charge in [0.05, 0.1) is 44.9 Å². The molecule has 0 unspecified atom stereocenters. The summed E-state index contributed by atoms with van der Waals surface area (Å²) in [5.41, 5.74) is 18.8. The van der Waals surface area contributed by atoms with E-state index in [1.165, 1.54) is 79.3 Å². The number of aromatic amines is 2. The van der Waals surface area contributed by atoms with Crippen LogP contribution in [0, 0.1) is 30.6 Å². The van der Waals surface area contributed by atoms with Crippen molar-refractivity contribution < 1.29 is 0 Å². The number of nitrogens with one attached hydrogen (secondary N) is 2. The van der Waals surface area contributed by atoms with E-state index in [4.69, 9.17) is 9.97 Å². The van der Waals surface area contributed by atoms with Gasteiger partial charge in [-0.25, -0.2) is 9.97 Å². The van der Waals surface area contributed by atoms with E-state index in [1.54, 1.807) is 0 Å². The lowest BCUT2D eigenvalue weighted by Crippen LogP contribution is -2.25. The van der Waals surface area contributed by atoms with Crippen LogP contribution in [0.3, 0.4) is 0 Å². The van der Waals surface area contributed by atoms with E-state index in [0.29, 0.717) is 0 Å². The number of unbranched alkanes of at least 4 members (excludes halogenated alkanes) is 7. The van der Waals surface area contributed by atoms with Crippen molar-refractivity contribution in [1.82, 2.24) is 19.9 Å². The van der Waals surface area contributed by atoms with Crippen LogP contribution in [0.5, 0.6) is 0 Å². The summed E-state index contributed by atoms with van der Waals surface area (Å²) in [5.74, 6) is 14.4. The fourth-order valence-electron chi connectivity index (χ4n) is 9.99. The molecule has 0 amide bonds. The lowest BCUT2D eigenvalue weighted by molar-refractivity contribution is 0.609. The molecule has 2 N–H and O–H groups in total. The average Bonchev–Trinajstić information content (AvgIpc) is 4.29. The van der Waals surface area contributed by atoms with Crippen LogP contribution < -0.4 is 4.90 Å². The van der Waals surface area contributed by atoms with Gasteiger partial charge in [-0.05, 0) is 166 Å². The van der Waals surface area contributed by atoms with Crippen LogP contribution in [0.1, 0.15) is 157 Å². The van der Waals surface area contributed by atoms with Gasteiger partial charge in [-0.1, -0.05) is 154 Å². The first-order chi connectivity index (χ1) is 36.0. The minimum absolute atomic E-state index is 0.815. The first kappa shape index (κ1) is 50.3. The normalized spacial score (nSPS) is 11.5. The van der Waals surface area contributed by atoms with Gasteiger partial charge >= 0.3 is 0 Å². The maximum Gasteiger partial charge on any atom is 0.0815 e. The Morgan fingerprint density at radius 1 is 0.397 bits per heavy atom. The van der Waals surface area contributed by atoms with Crippen molar-refractivity contribution in [1.29, 1.82) is 0 Å². The molecular weight excluding hydrogens is 887 g/mol. The molecule has 0 radical (unpaired) electrons. The van der Waals surface area contributed by atoms with Crippen LogP contribution >= 0.6 is 0 Å². The van der Waals surface area contributed by atoms with Crippen LogP contribution in [0.25, 0.3) is 46.4 Å². The Labute approximate surface area is 435 Å². The summed E-state index contributed by atoms with van der Waals surface area (Å²) in [6.07, 6.45) is 25.5. The number of rotatable bonds is 20. The molecule has 9 rings (SSSR count). The summed E-state index contributed by atoms with van der Waals surface area (Å²) in [6.45, 7) is 8.87. The zero-order valence-corrected chi connectivity index (χ0v) is 43.4. The third-order valence-corrected chi connectivity index (χ3v) is 14.2. The third kappa shape index (κ3) is 13.7. The summed E-state index contributed by atoms with van der Waals surface area (Å²) >= 11 is 0. The van der Waals surface area contributed by atoms with Crippen molar-refractivity contribution in [2.45, 2.75) is 117 Å². The predicted molar refractivity (Wildman–Crippen MR) is 310 cm³/mol. The van der Waals surface area contributed by atoms with E-state index >= 15 is 0 Å². The van der Waals surface area contributed by atoms with Crippen molar-refractivity contribution in [2.24, 2.45) is 0 Å². The molecule has 2 aliphatic rings. The van der Waals surface area contributed by atoms with Crippen LogP contribution in [-0.4, -0.2) is 33.0 Å². The molecule has 0 fully saturated rings. The van der Waals surface area contributed by atoms with Crippen molar-refractivity contribution in [3.8, 4) is 23.7 Å². The molecule has 0 aliphatic carbocycles. The highest BCUT2D eigenvalue weighted by Crippen LogP contribution is 2.29. The second-order valence-corrected chi connectivity index (χ2v) is 19.8. The fourth-order valence-corrected chi connectivity index (χ4v) is 9.99. The number of aromatic nitrogens is 4. The monoisotopic (exact) mass is 958 g/mol. The van der Waals surface area contributed by atoms with E-state index in [-0.39, 0.29) is 0 Å². The summed E-state index contributed by atoms with van der Waals surface area (Å²) in [5, 5.41) is 0. The lowest BCUT2D eigenvalue weighted by atomic mass is 10.0. The maximum absolute atomic E-state index is 5.46. The molecule has 8 bridgehead atoms. The van der Waals surface area contributed by atoms with E-state index < -0.39 is 0 Å². The highest BCUT2D eigenvalue weighted by Gasteiger charge is 2.17. The minimum atomic E-state index is 0.815. The molecule has 5 heteroatoms. The van der Waals surface area contributed by atoms with Crippen molar-refractivity contribution >= 4 is 52.1 Å². The summed E-state index contributed by atoms with van der Waals surface area (Å²) < 4.78 is 0. The topological polar surface area (TPSA) is 60.6 Å². The van der Waals surface area contributed by atoms with E-state index in [9.17, 15) is 0 Å². The van der Waals surface area contributed by atoms with Crippen LogP contribution in [0.2, 0.25) is 0 Å². The highest BCUT2D eigenvalue weighted by atomic mass is 15.1. The zero-order chi connectivity index (χ0) is 50.0. The van der Waals surface area contributed by atoms with Crippen LogP contribution in [0.4, 0.5) is 5.69 Å². The second-order valence-electron chi connectivity index (χ2n) is 19.8. The first-order valence-corrected chi connectivity index (χ1v) is 27.2. The smallest absolute Gasteiger partial charge is 0.0815 e. The van der Waals surface area contributed by atoms with E-state index in [2.05, 4.69) is 217 Å². The van der Waals surface area contributed by atoms with Crippen molar-refractivity contribution in [3.05, 3.63) is 206 Å². The van der Waals surface area contributed by atoms with Gasteiger partial charge in [-0.3, -0.25) is 0 Å². The number of hydrogen-bond donors (Lipinski definition) is 2. The molecule has 2 aliphatic heterocycles. The van der Waals surface area contributed by atoms with Gasteiger partial charge in [0.1, 0.15) is 0 Å². The minimum Gasteiger partial charge on any atom is -0.372 e. The highest BCUT2D eigenvalue weighted by molar-refractivity contribution is 5.86. The Bertz CT molecular complexity index is 3280. The number of nitrogens with zero attached hydrogens (tertiary/aromatic N) is 3. The van der Waals surface area contributed by atoms with Crippen molar-refractivity contribution in [2.75, 3.05) is 18.0 Å². The number of H-pyrrole nitrogens is 2. The molecule has 5 heterocycles. The molecule has 3 aromatic heterocycles. The molecule has 0 spiro atoms. The molecular formula is C68H71N5. The largest absolute Gasteiger partial charge is 0.372 e. The van der Waals surface area contributed by atoms with Crippen molar-refractivity contribution in [3.63, 3.8) is 0 Å². The summed E-state index contributed by atoms with van der Waals surface area (Å²) in [7, 11) is 0. The fraction of sp³-hybridized carbons (Fsp3) is 0.294. The molecule has 368 valence electrons. The van der Waals surface area contributed by atoms with Gasteiger partial charge in [0, 0.05) is 46.5 Å². The third-order valence-electron chi connectivity index (χ3n) is 14.2. The van der Waals surface area contributed by atoms with Gasteiger partial charge < -0.3 is 14.9 Å². The predicted octanol–water partition coefficient (Wildman–Crippen LogP) is 16.5. The number of benzene rings is 4. The SMILES string of the molecule is CCCCCCN(CCCCCC)c1ccc(C#Cc2c3nc(c(CCCc4ccccc4)c4nc(c(C#Cc5ccc(C)cc5)c5ccc([nH]5)c(CCCCc5ccccc5)c5ccc2[nH]5)C=C4)C=C3)cc1. The summed E-state index contributed by atoms with van der Waals surface area (Å²) in [6, 6.07) is 47.8. The summed E-state index contributed by atoms with van der Waals surface area (Å²) in [4.78, 5) is 21.2. The van der Waals surface area contributed by atoms with E-state index in [0.717, 1.165) is 131 Å². The number of hydrogen-bond acceptors (Lipinski definition) is 3. The average molecular weight is 958 g/mol. The Kier molecular flexibility index (Phi) is 17.7. The molecule has 0 atom stereocenters.